The molecule has 11 heavy (non-hydrogen) atoms. The molecule has 0 radical (unpaired) electrons. The third-order valence-electron chi connectivity index (χ3n) is 0. The minimum Gasteiger partial charge on any atom is -0.748 e. The van der Waals surface area contributed by atoms with Crippen LogP contribution in [0.2, 0.25) is 0 Å². The van der Waals surface area contributed by atoms with Gasteiger partial charge in [0.15, 0.2) is 0 Å². The van der Waals surface area contributed by atoms with Crippen molar-refractivity contribution in [2.45, 2.75) is 0 Å². The van der Waals surface area contributed by atoms with E-state index >= 15 is 0 Å². The molecule has 9 heteroatoms. The van der Waals surface area contributed by atoms with Crippen molar-refractivity contribution >= 4 is 20.2 Å². The third kappa shape index (κ3) is 1640. The molecule has 0 aliphatic carbocycles. The van der Waals surface area contributed by atoms with Crippen molar-refractivity contribution in [2.75, 3.05) is 12.5 Å². The molecule has 0 atom stereocenters. The van der Waals surface area contributed by atoms with Crippen LogP contribution < -0.4 is 0 Å². The van der Waals surface area contributed by atoms with Gasteiger partial charge in [0.2, 0.25) is 0 Å². The summed E-state index contributed by atoms with van der Waals surface area (Å²) in [6, 6.07) is 0. The molecule has 0 fully saturated rings. The molecule has 6 nitrogen and oxygen atoms in total. The van der Waals surface area contributed by atoms with Crippen LogP contribution in [-0.4, -0.2) is 38.5 Å². The molecule has 0 aliphatic rings. The van der Waals surface area contributed by atoms with Crippen molar-refractivity contribution in [3.63, 3.8) is 0 Å². The quantitative estimate of drug-likeness (QED) is 0.490. The Kier molecular flexibility index (Phi) is 10.0. The van der Waals surface area contributed by atoms with Crippen molar-refractivity contribution in [1.29, 1.82) is 0 Å². The molecule has 0 saturated heterocycles. The van der Waals surface area contributed by atoms with Crippen molar-refractivity contribution in [1.82, 2.24) is 0 Å². The van der Waals surface area contributed by atoms with E-state index in [0.29, 0.717) is 12.5 Å². The summed E-state index contributed by atoms with van der Waals surface area (Å²) in [6.07, 6.45) is 1.21. The van der Waals surface area contributed by atoms with Gasteiger partial charge >= 0.3 is 26.2 Å². The third-order valence-corrected chi connectivity index (χ3v) is 0. The van der Waals surface area contributed by atoms with Gasteiger partial charge in [-0.2, -0.15) is 0 Å². The molecule has 0 spiro atoms. The zero-order valence-electron chi connectivity index (χ0n) is 5.77. The fraction of sp³-hybridized carbons (Fsp3) is 1.00. The van der Waals surface area contributed by atoms with Crippen LogP contribution in [0.3, 0.4) is 0 Å². The largest absolute Gasteiger partial charge is 2.00 e. The number of rotatable bonds is 0. The van der Waals surface area contributed by atoms with Crippen LogP contribution in [0.25, 0.3) is 0 Å². The van der Waals surface area contributed by atoms with Gasteiger partial charge in [0, 0.05) is 12.5 Å². The minimum absolute atomic E-state index is 0. The second-order valence-corrected chi connectivity index (χ2v) is 4.22. The Morgan fingerprint density at radius 2 is 0.818 bits per heavy atom. The summed E-state index contributed by atoms with van der Waals surface area (Å²) >= 11 is 0. The SMILES string of the molecule is CS(=O)(=O)[O-].CS(=O)(=O)[O-].[Zr+2]. The van der Waals surface area contributed by atoms with Crippen LogP contribution in [0.5, 0.6) is 0 Å². The van der Waals surface area contributed by atoms with E-state index in [2.05, 4.69) is 0 Å². The first-order valence-electron chi connectivity index (χ1n) is 1.82. The van der Waals surface area contributed by atoms with E-state index in [1.54, 1.807) is 0 Å². The standard InChI is InChI=1S/2CH4O3S.Zr/c2*1-5(2,3)4;/h2*1H3,(H,2,3,4);/q;;+2/p-2. The van der Waals surface area contributed by atoms with E-state index in [9.17, 15) is 0 Å². The molecule has 0 heterocycles. The van der Waals surface area contributed by atoms with Gasteiger partial charge in [-0.1, -0.05) is 0 Å². The smallest absolute Gasteiger partial charge is 0.748 e. The summed E-state index contributed by atoms with van der Waals surface area (Å²) in [7, 11) is -7.83. The van der Waals surface area contributed by atoms with E-state index in [-0.39, 0.29) is 26.2 Å². The zero-order valence-corrected chi connectivity index (χ0v) is 9.86. The van der Waals surface area contributed by atoms with E-state index < -0.39 is 20.2 Å². The minimum atomic E-state index is -3.92. The summed E-state index contributed by atoms with van der Waals surface area (Å²) < 4.78 is 54.5. The Bertz CT molecular complexity index is 215. The van der Waals surface area contributed by atoms with Crippen LogP contribution >= 0.6 is 0 Å². The molecule has 0 aromatic rings. The molecule has 0 aromatic heterocycles. The molecule has 0 bridgehead atoms. The first kappa shape index (κ1) is 17.7. The topological polar surface area (TPSA) is 114 Å². The maximum Gasteiger partial charge on any atom is 2.00 e. The van der Waals surface area contributed by atoms with Crippen molar-refractivity contribution in [3.8, 4) is 0 Å². The van der Waals surface area contributed by atoms with Crippen LogP contribution in [0.1, 0.15) is 0 Å². The number of hydrogen-bond donors (Lipinski definition) is 0. The second-order valence-electron chi connectivity index (χ2n) is 1.41. The van der Waals surface area contributed by atoms with Crippen LogP contribution in [0, 0.1) is 0 Å². The summed E-state index contributed by atoms with van der Waals surface area (Å²) in [5.41, 5.74) is 0. The Labute approximate surface area is 84.6 Å². The van der Waals surface area contributed by atoms with Crippen LogP contribution in [0.4, 0.5) is 0 Å². The Balaban J connectivity index is -0.000000107. The molecule has 0 aliphatic heterocycles. The van der Waals surface area contributed by atoms with Crippen molar-refractivity contribution in [2.24, 2.45) is 0 Å². The second kappa shape index (κ2) is 6.24. The van der Waals surface area contributed by atoms with Crippen LogP contribution in [-0.2, 0) is 46.4 Å². The van der Waals surface area contributed by atoms with Crippen molar-refractivity contribution < 1.29 is 52.1 Å². The normalized spacial score (nSPS) is 10.5. The van der Waals surface area contributed by atoms with E-state index in [4.69, 9.17) is 25.9 Å². The molecule has 0 amide bonds. The zero-order chi connectivity index (χ0) is 9.00. The van der Waals surface area contributed by atoms with E-state index in [0.717, 1.165) is 0 Å². The summed E-state index contributed by atoms with van der Waals surface area (Å²) in [6.45, 7) is 0. The summed E-state index contributed by atoms with van der Waals surface area (Å²) in [5, 5.41) is 0. The van der Waals surface area contributed by atoms with Gasteiger partial charge in [0.25, 0.3) is 0 Å². The van der Waals surface area contributed by atoms with Gasteiger partial charge in [-0.25, -0.2) is 16.8 Å². The predicted octanol–water partition coefficient (Wildman–Crippen LogP) is -1.68. The predicted molar refractivity (Wildman–Crippen MR) is 31.2 cm³/mol. The molecule has 0 aromatic carbocycles. The molecular weight excluding hydrogens is 275 g/mol. The summed E-state index contributed by atoms with van der Waals surface area (Å²) in [4.78, 5) is 0. The molecule has 0 N–H and O–H groups in total. The van der Waals surface area contributed by atoms with Crippen LogP contribution in [0.15, 0.2) is 0 Å². The molecule has 0 rings (SSSR count). The Morgan fingerprint density at radius 1 is 0.818 bits per heavy atom. The number of hydrogen-bond acceptors (Lipinski definition) is 6. The van der Waals surface area contributed by atoms with Gasteiger partial charge < -0.3 is 9.11 Å². The molecular formula is C2H6O6S2Zr. The molecule has 0 saturated carbocycles. The van der Waals surface area contributed by atoms with Gasteiger partial charge in [-0.05, 0) is 0 Å². The maximum atomic E-state index is 9.08. The first-order valence-corrected chi connectivity index (χ1v) is 5.45. The van der Waals surface area contributed by atoms with E-state index in [1.807, 2.05) is 0 Å². The van der Waals surface area contributed by atoms with Gasteiger partial charge in [0.1, 0.15) is 0 Å². The van der Waals surface area contributed by atoms with Crippen molar-refractivity contribution in [3.05, 3.63) is 0 Å². The first-order chi connectivity index (χ1) is 4.00. The van der Waals surface area contributed by atoms with E-state index in [1.165, 1.54) is 0 Å². The summed E-state index contributed by atoms with van der Waals surface area (Å²) in [5.74, 6) is 0. The van der Waals surface area contributed by atoms with Gasteiger partial charge in [-0.15, -0.1) is 0 Å². The fourth-order valence-electron chi connectivity index (χ4n) is 0. The average molecular weight is 281 g/mol. The fourth-order valence-corrected chi connectivity index (χ4v) is 0. The van der Waals surface area contributed by atoms with Gasteiger partial charge in [0.05, 0.1) is 20.2 Å². The average Bonchev–Trinajstić information content (AvgIpc) is 1.12. The maximum absolute atomic E-state index is 9.08. The monoisotopic (exact) mass is 280 g/mol. The molecule has 0 unspecified atom stereocenters. The molecule has 66 valence electrons. The van der Waals surface area contributed by atoms with Gasteiger partial charge in [-0.3, -0.25) is 0 Å². The Morgan fingerprint density at radius 3 is 0.818 bits per heavy atom. The Hall–Kier alpha value is 0.703.